The fraction of sp³-hybridized carbons (Fsp3) is 0.579. The van der Waals surface area contributed by atoms with Gasteiger partial charge in [0.15, 0.2) is 17.4 Å². The molecule has 3 N–H and O–H groups in total. The number of hydrogen-bond donors (Lipinski definition) is 2. The van der Waals surface area contributed by atoms with Crippen molar-refractivity contribution in [1.82, 2.24) is 14.9 Å². The summed E-state index contributed by atoms with van der Waals surface area (Å²) >= 11 is 0. The Bertz CT molecular complexity index is 932. The van der Waals surface area contributed by atoms with E-state index in [2.05, 4.69) is 15.0 Å². The first-order valence-electron chi connectivity index (χ1n) is 9.79. The maximum absolute atomic E-state index is 14.6. The summed E-state index contributed by atoms with van der Waals surface area (Å²) < 4.78 is 70.5. The van der Waals surface area contributed by atoms with E-state index in [0.717, 1.165) is 0 Å². The number of urea groups is 1. The van der Waals surface area contributed by atoms with Crippen LogP contribution >= 0.6 is 0 Å². The van der Waals surface area contributed by atoms with Gasteiger partial charge < -0.3 is 25.3 Å². The fourth-order valence-electron chi connectivity index (χ4n) is 3.58. The van der Waals surface area contributed by atoms with Gasteiger partial charge in [-0.05, 0) is 32.6 Å². The number of rotatable bonds is 8. The third-order valence-corrected chi connectivity index (χ3v) is 5.04. The zero-order valence-corrected chi connectivity index (χ0v) is 17.0. The number of ether oxygens (including phenoxy) is 3. The molecule has 1 saturated carbocycles. The number of amides is 2. The monoisotopic (exact) mass is 448 g/mol. The number of nitrogens with two attached hydrogens (primary N) is 1. The summed E-state index contributed by atoms with van der Waals surface area (Å²) in [6, 6.07) is -0.311. The highest BCUT2D eigenvalue weighted by Crippen LogP contribution is 2.33. The Kier molecular flexibility index (Phi) is 7.08. The van der Waals surface area contributed by atoms with E-state index in [0.29, 0.717) is 38.4 Å². The van der Waals surface area contributed by atoms with Crippen LogP contribution in [0.3, 0.4) is 0 Å². The molecule has 1 aromatic carbocycles. The smallest absolute Gasteiger partial charge is 0.387 e. The van der Waals surface area contributed by atoms with Crippen LogP contribution in [0.1, 0.15) is 32.6 Å². The zero-order chi connectivity index (χ0) is 22.7. The van der Waals surface area contributed by atoms with Crippen LogP contribution in [0.15, 0.2) is 6.07 Å². The van der Waals surface area contributed by atoms with E-state index in [1.54, 1.807) is 6.92 Å². The number of hydrogen-bond acceptors (Lipinski definition) is 5. The van der Waals surface area contributed by atoms with Crippen LogP contribution in [0.25, 0.3) is 11.0 Å². The first-order chi connectivity index (χ1) is 14.7. The molecule has 1 aliphatic rings. The van der Waals surface area contributed by atoms with Crippen LogP contribution in [0.2, 0.25) is 0 Å². The second-order valence-corrected chi connectivity index (χ2v) is 7.46. The quantitative estimate of drug-likeness (QED) is 0.604. The van der Waals surface area contributed by atoms with Gasteiger partial charge in [-0.1, -0.05) is 0 Å². The van der Waals surface area contributed by atoms with Crippen LogP contribution in [-0.2, 0) is 11.8 Å². The number of nitrogens with one attached hydrogen (secondary N) is 1. The van der Waals surface area contributed by atoms with Gasteiger partial charge in [0, 0.05) is 13.1 Å². The minimum atomic E-state index is -3.29. The Morgan fingerprint density at radius 1 is 1.29 bits per heavy atom. The van der Waals surface area contributed by atoms with Gasteiger partial charge in [-0.15, -0.1) is 0 Å². The first kappa shape index (κ1) is 22.9. The van der Waals surface area contributed by atoms with Crippen LogP contribution in [-0.4, -0.2) is 47.1 Å². The third-order valence-electron chi connectivity index (χ3n) is 5.04. The van der Waals surface area contributed by atoms with Crippen LogP contribution in [0.4, 0.5) is 22.4 Å². The number of alkyl halides is 2. The number of carbonyl (C=O) groups is 1. The van der Waals surface area contributed by atoms with E-state index in [1.165, 1.54) is 11.6 Å². The van der Waals surface area contributed by atoms with Crippen LogP contribution < -0.4 is 20.5 Å². The zero-order valence-electron chi connectivity index (χ0n) is 17.0. The third kappa shape index (κ3) is 5.49. The number of halogens is 4. The molecule has 2 amide bonds. The van der Waals surface area contributed by atoms with E-state index in [-0.39, 0.29) is 35.3 Å². The molecule has 1 aromatic heterocycles. The summed E-state index contributed by atoms with van der Waals surface area (Å²) in [5.74, 6) is -3.03. The minimum Gasteiger partial charge on any atom is -0.461 e. The molecule has 1 fully saturated rings. The van der Waals surface area contributed by atoms with Crippen molar-refractivity contribution in [1.29, 1.82) is 0 Å². The van der Waals surface area contributed by atoms with E-state index in [4.69, 9.17) is 15.2 Å². The van der Waals surface area contributed by atoms with Crippen molar-refractivity contribution in [2.24, 2.45) is 12.8 Å². The molecule has 2 aromatic rings. The molecule has 0 radical (unpaired) electrons. The standard InChI is InChI=1S/C19H24F4N4O4/c1-9(25-18(24)28)8-29-10-3-5-11(6-4-10)30-19-26-15-12(20)7-13(31-17(22)23)14(21)16(15)27(19)2/h7,9-11,17H,3-6,8H2,1-2H3,(H3,24,25,28)/t9-,10?,11?/m0/s1. The summed E-state index contributed by atoms with van der Waals surface area (Å²) in [6.07, 6.45) is 2.35. The van der Waals surface area contributed by atoms with Crippen molar-refractivity contribution in [3.05, 3.63) is 17.7 Å². The van der Waals surface area contributed by atoms with Gasteiger partial charge in [0.2, 0.25) is 0 Å². The van der Waals surface area contributed by atoms with Crippen LogP contribution in [0, 0.1) is 11.6 Å². The molecule has 1 heterocycles. The molecule has 0 bridgehead atoms. The van der Waals surface area contributed by atoms with Gasteiger partial charge in [-0.25, -0.2) is 13.6 Å². The minimum absolute atomic E-state index is 0.0126. The van der Waals surface area contributed by atoms with E-state index < -0.39 is 30.0 Å². The Balaban J connectivity index is 1.63. The molecule has 8 nitrogen and oxygen atoms in total. The molecule has 0 saturated heterocycles. The Hall–Kier alpha value is -2.76. The Labute approximate surface area is 175 Å². The summed E-state index contributed by atoms with van der Waals surface area (Å²) in [6.45, 7) is -1.19. The van der Waals surface area contributed by atoms with E-state index in [9.17, 15) is 22.4 Å². The molecule has 12 heteroatoms. The Morgan fingerprint density at radius 2 is 1.94 bits per heavy atom. The lowest BCUT2D eigenvalue weighted by Gasteiger charge is -2.29. The van der Waals surface area contributed by atoms with Gasteiger partial charge in [-0.3, -0.25) is 4.57 Å². The normalized spacial score (nSPS) is 20.1. The summed E-state index contributed by atoms with van der Waals surface area (Å²) in [7, 11) is 1.40. The number of carbonyl (C=O) groups excluding carboxylic acids is 1. The number of aryl methyl sites for hydroxylation is 1. The van der Waals surface area contributed by atoms with Crippen molar-refractivity contribution in [2.75, 3.05) is 6.61 Å². The van der Waals surface area contributed by atoms with Gasteiger partial charge in [0.05, 0.1) is 18.8 Å². The number of fused-ring (bicyclic) bond motifs is 1. The highest BCUT2D eigenvalue weighted by molar-refractivity contribution is 5.80. The highest BCUT2D eigenvalue weighted by atomic mass is 19.3. The molecular weight excluding hydrogens is 424 g/mol. The van der Waals surface area contributed by atoms with E-state index in [1.807, 2.05) is 0 Å². The predicted molar refractivity (Wildman–Crippen MR) is 102 cm³/mol. The van der Waals surface area contributed by atoms with Gasteiger partial charge in [0.25, 0.3) is 6.01 Å². The molecule has 3 rings (SSSR count). The lowest BCUT2D eigenvalue weighted by atomic mass is 9.95. The van der Waals surface area contributed by atoms with Crippen molar-refractivity contribution in [3.63, 3.8) is 0 Å². The predicted octanol–water partition coefficient (Wildman–Crippen LogP) is 3.22. The number of aromatic nitrogens is 2. The second kappa shape index (κ2) is 9.58. The average molecular weight is 448 g/mol. The van der Waals surface area contributed by atoms with Crippen molar-refractivity contribution < 1.29 is 36.6 Å². The van der Waals surface area contributed by atoms with Gasteiger partial charge in [-0.2, -0.15) is 13.8 Å². The lowest BCUT2D eigenvalue weighted by Crippen LogP contribution is -2.40. The number of benzene rings is 1. The molecule has 0 spiro atoms. The summed E-state index contributed by atoms with van der Waals surface area (Å²) in [5, 5.41) is 2.53. The highest BCUT2D eigenvalue weighted by Gasteiger charge is 2.27. The first-order valence-corrected chi connectivity index (χ1v) is 9.79. The van der Waals surface area contributed by atoms with Crippen molar-refractivity contribution in [2.45, 2.75) is 57.5 Å². The molecule has 1 aliphatic carbocycles. The van der Waals surface area contributed by atoms with Crippen LogP contribution in [0.5, 0.6) is 11.8 Å². The van der Waals surface area contributed by atoms with Gasteiger partial charge in [0.1, 0.15) is 17.1 Å². The molecule has 172 valence electrons. The Morgan fingerprint density at radius 3 is 2.55 bits per heavy atom. The maximum atomic E-state index is 14.6. The maximum Gasteiger partial charge on any atom is 0.387 e. The van der Waals surface area contributed by atoms with Crippen molar-refractivity contribution >= 4 is 17.1 Å². The SMILES string of the molecule is C[C@@H](COC1CCC(Oc2nc3c(F)cc(OC(F)F)c(F)c3n2C)CC1)NC(N)=O. The van der Waals surface area contributed by atoms with E-state index >= 15 is 0 Å². The number of primary amides is 1. The fourth-order valence-corrected chi connectivity index (χ4v) is 3.58. The largest absolute Gasteiger partial charge is 0.461 e. The average Bonchev–Trinajstić information content (AvgIpc) is 3.01. The summed E-state index contributed by atoms with van der Waals surface area (Å²) in [4.78, 5) is 14.8. The number of nitrogens with zero attached hydrogens (tertiary/aromatic N) is 2. The lowest BCUT2D eigenvalue weighted by molar-refractivity contribution is -0.0521. The molecule has 1 atom stereocenters. The molecule has 31 heavy (non-hydrogen) atoms. The topological polar surface area (TPSA) is 101 Å². The number of imidazole rings is 1. The molecule has 0 unspecified atom stereocenters. The molecular formula is C19H24F4N4O4. The second-order valence-electron chi connectivity index (χ2n) is 7.46. The van der Waals surface area contributed by atoms with Crippen molar-refractivity contribution in [3.8, 4) is 11.8 Å². The summed E-state index contributed by atoms with van der Waals surface area (Å²) in [5.41, 5.74) is 4.41. The van der Waals surface area contributed by atoms with Gasteiger partial charge >= 0.3 is 12.6 Å². The molecule has 0 aliphatic heterocycles.